The summed E-state index contributed by atoms with van der Waals surface area (Å²) in [6.45, 7) is -0.305. The Kier molecular flexibility index (Phi) is 6.04. The summed E-state index contributed by atoms with van der Waals surface area (Å²) in [5.41, 5.74) is 0. The van der Waals surface area contributed by atoms with Gasteiger partial charge in [0, 0.05) is 0 Å². The van der Waals surface area contributed by atoms with Crippen molar-refractivity contribution in [3.8, 4) is 0 Å². The van der Waals surface area contributed by atoms with Gasteiger partial charge in [0.1, 0.15) is 11.4 Å². The van der Waals surface area contributed by atoms with Crippen LogP contribution < -0.4 is 0 Å². The van der Waals surface area contributed by atoms with Crippen LogP contribution in [0.1, 0.15) is 0 Å². The first-order chi connectivity index (χ1) is 5.25. The maximum Gasteiger partial charge on any atom is 0.183 e. The predicted molar refractivity (Wildman–Crippen MR) is 56.2 cm³/mol. The van der Waals surface area contributed by atoms with Gasteiger partial charge in [-0.15, -0.1) is 23.2 Å². The molecule has 0 aliphatic rings. The molecule has 74 valence electrons. The van der Waals surface area contributed by atoms with E-state index in [-0.39, 0.29) is 6.61 Å². The molecule has 0 spiro atoms. The van der Waals surface area contributed by atoms with Gasteiger partial charge in [-0.05, 0) is 0 Å². The monoisotopic (exact) mass is 312 g/mol. The standard InChI is InChI=1S/C4H3Cl7O/c5-2(6)4(9,10)3(7,8)1-12-11/h2H,1H2. The first-order valence-corrected chi connectivity index (χ1v) is 5.22. The lowest BCUT2D eigenvalue weighted by atomic mass is 10.3. The molecule has 0 aliphatic heterocycles. The van der Waals surface area contributed by atoms with Crippen molar-refractivity contribution in [2.24, 2.45) is 0 Å². The second-order valence-electron chi connectivity index (χ2n) is 1.88. The van der Waals surface area contributed by atoms with Crippen LogP contribution in [-0.4, -0.2) is 20.1 Å². The summed E-state index contributed by atoms with van der Waals surface area (Å²) in [4.78, 5) is -1.16. The minimum Gasteiger partial charge on any atom is -0.276 e. The van der Waals surface area contributed by atoms with Gasteiger partial charge >= 0.3 is 0 Å². The fourth-order valence-corrected chi connectivity index (χ4v) is 1.63. The Bertz CT molecular complexity index is 144. The topological polar surface area (TPSA) is 9.23 Å². The summed E-state index contributed by atoms with van der Waals surface area (Å²) < 4.78 is 0.735. The molecule has 0 aromatic rings. The van der Waals surface area contributed by atoms with Crippen LogP contribution in [0.5, 0.6) is 0 Å². The highest BCUT2D eigenvalue weighted by Gasteiger charge is 2.52. The van der Waals surface area contributed by atoms with E-state index in [0.29, 0.717) is 0 Å². The van der Waals surface area contributed by atoms with Crippen LogP contribution in [0, 0.1) is 0 Å². The summed E-state index contributed by atoms with van der Waals surface area (Å²) in [5.74, 6) is 0. The van der Waals surface area contributed by atoms with Gasteiger partial charge in [-0.1, -0.05) is 46.4 Å². The molecule has 0 amide bonds. The lowest BCUT2D eigenvalue weighted by molar-refractivity contribution is 0.323. The largest absolute Gasteiger partial charge is 0.276 e. The molecule has 0 aliphatic carbocycles. The Morgan fingerprint density at radius 3 is 1.75 bits per heavy atom. The second-order valence-corrected chi connectivity index (χ2v) is 6.07. The highest BCUT2D eigenvalue weighted by molar-refractivity contribution is 6.68. The maximum absolute atomic E-state index is 5.65. The van der Waals surface area contributed by atoms with E-state index in [1.54, 1.807) is 0 Å². The number of hydrogen-bond acceptors (Lipinski definition) is 1. The summed E-state index contributed by atoms with van der Waals surface area (Å²) in [6, 6.07) is 0. The number of halogens is 7. The van der Waals surface area contributed by atoms with E-state index >= 15 is 0 Å². The van der Waals surface area contributed by atoms with Crippen LogP contribution in [0.15, 0.2) is 0 Å². The van der Waals surface area contributed by atoms with Gasteiger partial charge in [-0.2, -0.15) is 0 Å². The van der Waals surface area contributed by atoms with Crippen molar-refractivity contribution >= 4 is 81.5 Å². The molecule has 0 N–H and O–H groups in total. The molecule has 0 radical (unpaired) electrons. The van der Waals surface area contributed by atoms with E-state index in [1.165, 1.54) is 0 Å². The minimum absolute atomic E-state index is 0.305. The van der Waals surface area contributed by atoms with E-state index in [4.69, 9.17) is 81.5 Å². The highest BCUT2D eigenvalue weighted by Crippen LogP contribution is 2.48. The van der Waals surface area contributed by atoms with E-state index in [2.05, 4.69) is 4.29 Å². The third-order valence-corrected chi connectivity index (χ3v) is 4.49. The molecule has 0 rings (SSSR count). The van der Waals surface area contributed by atoms with Crippen LogP contribution in [0.4, 0.5) is 0 Å². The van der Waals surface area contributed by atoms with Gasteiger partial charge in [-0.3, -0.25) is 4.29 Å². The molecule has 0 fully saturated rings. The summed E-state index contributed by atoms with van der Waals surface area (Å²) in [7, 11) is 0. The fraction of sp³-hybridized carbons (Fsp3) is 1.00. The van der Waals surface area contributed by atoms with Gasteiger partial charge < -0.3 is 0 Å². The number of alkyl halides is 6. The van der Waals surface area contributed by atoms with Gasteiger partial charge in [0.2, 0.25) is 0 Å². The maximum atomic E-state index is 5.65. The first kappa shape index (κ1) is 14.0. The molecule has 0 unspecified atom stereocenters. The van der Waals surface area contributed by atoms with Crippen LogP contribution in [0.3, 0.4) is 0 Å². The van der Waals surface area contributed by atoms with E-state index in [0.717, 1.165) is 0 Å². The molecule has 1 nitrogen and oxygen atoms in total. The molecule has 0 aromatic heterocycles. The Labute approximate surface area is 105 Å². The van der Waals surface area contributed by atoms with Crippen molar-refractivity contribution in [3.63, 3.8) is 0 Å². The Hall–Kier alpha value is 1.99. The number of rotatable bonds is 4. The van der Waals surface area contributed by atoms with Crippen LogP contribution in [-0.2, 0) is 4.29 Å². The quantitative estimate of drug-likeness (QED) is 0.703. The van der Waals surface area contributed by atoms with Gasteiger partial charge in [0.05, 0.1) is 11.9 Å². The highest BCUT2D eigenvalue weighted by atomic mass is 35.5. The van der Waals surface area contributed by atoms with Crippen molar-refractivity contribution in [2.75, 3.05) is 6.61 Å². The Morgan fingerprint density at radius 2 is 1.50 bits per heavy atom. The molecule has 12 heavy (non-hydrogen) atoms. The fourth-order valence-electron chi connectivity index (χ4n) is 0.324. The SMILES string of the molecule is ClOCC(Cl)(Cl)C(Cl)(Cl)C(Cl)Cl. The zero-order valence-electron chi connectivity index (χ0n) is 5.34. The van der Waals surface area contributed by atoms with Crippen LogP contribution in [0.2, 0.25) is 0 Å². The normalized spacial score (nSPS) is 14.0. The third-order valence-electron chi connectivity index (χ3n) is 0.998. The van der Waals surface area contributed by atoms with Crippen molar-refractivity contribution in [1.82, 2.24) is 0 Å². The summed E-state index contributed by atoms with van der Waals surface area (Å²) >= 11 is 38.3. The smallest absolute Gasteiger partial charge is 0.183 e. The molecule has 0 heterocycles. The molecule has 0 aromatic carbocycles. The van der Waals surface area contributed by atoms with Crippen LogP contribution >= 0.6 is 81.5 Å². The zero-order valence-corrected chi connectivity index (χ0v) is 10.6. The Morgan fingerprint density at radius 1 is 1.08 bits per heavy atom. The summed E-state index contributed by atoms with van der Waals surface area (Å²) in [6.07, 6.45) is 0. The average molecular weight is 315 g/mol. The first-order valence-electron chi connectivity index (χ1n) is 2.53. The lowest BCUT2D eigenvalue weighted by Crippen LogP contribution is -2.44. The average Bonchev–Trinajstić information content (AvgIpc) is 1.86. The molecule has 0 atom stereocenters. The molecule has 8 heteroatoms. The van der Waals surface area contributed by atoms with Crippen molar-refractivity contribution in [2.45, 2.75) is 13.5 Å². The predicted octanol–water partition coefficient (Wildman–Crippen LogP) is 4.31. The molecular weight excluding hydrogens is 312 g/mol. The zero-order chi connectivity index (χ0) is 9.99. The molecule has 0 saturated heterocycles. The minimum atomic E-state index is -1.76. The Balaban J connectivity index is 4.50. The summed E-state index contributed by atoms with van der Waals surface area (Å²) in [5, 5.41) is 0. The third kappa shape index (κ3) is 3.29. The van der Waals surface area contributed by atoms with Gasteiger partial charge in [0.15, 0.2) is 8.67 Å². The molecule has 0 saturated carbocycles. The van der Waals surface area contributed by atoms with Gasteiger partial charge in [-0.25, -0.2) is 0 Å². The van der Waals surface area contributed by atoms with Crippen molar-refractivity contribution in [1.29, 1.82) is 0 Å². The number of hydrogen-bond donors (Lipinski definition) is 0. The van der Waals surface area contributed by atoms with Gasteiger partial charge in [0.25, 0.3) is 0 Å². The van der Waals surface area contributed by atoms with Crippen molar-refractivity contribution < 1.29 is 4.29 Å². The van der Waals surface area contributed by atoms with Crippen molar-refractivity contribution in [3.05, 3.63) is 0 Å². The molecule has 0 bridgehead atoms. The second kappa shape index (κ2) is 5.18. The van der Waals surface area contributed by atoms with Crippen LogP contribution in [0.25, 0.3) is 0 Å². The lowest BCUT2D eigenvalue weighted by Gasteiger charge is -2.32. The van der Waals surface area contributed by atoms with E-state index in [9.17, 15) is 0 Å². The van der Waals surface area contributed by atoms with E-state index < -0.39 is 13.5 Å². The van der Waals surface area contributed by atoms with E-state index in [1.807, 2.05) is 0 Å². The molecular formula is C4H3Cl7O.